The zero-order valence-corrected chi connectivity index (χ0v) is 12.7. The highest BCUT2D eigenvalue weighted by Gasteiger charge is 2.13. The van der Waals surface area contributed by atoms with Crippen LogP contribution in [-0.4, -0.2) is 34.6 Å². The Morgan fingerprint density at radius 3 is 2.91 bits per heavy atom. The zero-order valence-electron chi connectivity index (χ0n) is 12.7. The number of aromatic nitrogens is 2. The highest BCUT2D eigenvalue weighted by Crippen LogP contribution is 2.08. The topological polar surface area (TPSA) is 73.2 Å². The number of esters is 1. The van der Waals surface area contributed by atoms with E-state index in [0.717, 1.165) is 5.56 Å². The Morgan fingerprint density at radius 2 is 2.23 bits per heavy atom. The van der Waals surface area contributed by atoms with Crippen LogP contribution in [0.4, 0.5) is 0 Å². The van der Waals surface area contributed by atoms with Crippen LogP contribution in [0.5, 0.6) is 0 Å². The average Bonchev–Trinajstić information content (AvgIpc) is 3.00. The first-order valence-electron chi connectivity index (χ1n) is 7.01. The molecule has 1 atom stereocenters. The van der Waals surface area contributed by atoms with Gasteiger partial charge in [-0.25, -0.2) is 4.98 Å². The van der Waals surface area contributed by atoms with Crippen molar-refractivity contribution >= 4 is 11.9 Å². The van der Waals surface area contributed by atoms with E-state index in [9.17, 15) is 9.59 Å². The number of imidazole rings is 1. The smallest absolute Gasteiger partial charge is 0.307 e. The quantitative estimate of drug-likeness (QED) is 0.823. The molecule has 1 heterocycles. The zero-order chi connectivity index (χ0) is 15.9. The normalized spacial score (nSPS) is 11.7. The third kappa shape index (κ3) is 4.44. The van der Waals surface area contributed by atoms with Crippen LogP contribution in [0.25, 0.3) is 0 Å². The molecule has 2 aromatic rings. The van der Waals surface area contributed by atoms with Gasteiger partial charge >= 0.3 is 5.97 Å². The van der Waals surface area contributed by atoms with Crippen molar-refractivity contribution in [2.75, 3.05) is 7.11 Å². The average molecular weight is 301 g/mol. The number of hydrogen-bond acceptors (Lipinski definition) is 4. The summed E-state index contributed by atoms with van der Waals surface area (Å²) >= 11 is 0. The van der Waals surface area contributed by atoms with Crippen LogP contribution < -0.4 is 5.32 Å². The maximum atomic E-state index is 12.2. The number of carbonyl (C=O) groups excluding carboxylic acids is 2. The van der Waals surface area contributed by atoms with Gasteiger partial charge in [0.25, 0.3) is 5.91 Å². The van der Waals surface area contributed by atoms with Crippen LogP contribution >= 0.6 is 0 Å². The Morgan fingerprint density at radius 1 is 1.41 bits per heavy atom. The molecule has 1 amide bonds. The second-order valence-corrected chi connectivity index (χ2v) is 5.09. The highest BCUT2D eigenvalue weighted by molar-refractivity contribution is 5.94. The number of ether oxygens (including phenoxy) is 1. The van der Waals surface area contributed by atoms with Crippen LogP contribution in [0, 0.1) is 0 Å². The van der Waals surface area contributed by atoms with Crippen molar-refractivity contribution in [1.29, 1.82) is 0 Å². The Kier molecular flexibility index (Phi) is 5.30. The predicted octanol–water partition coefficient (Wildman–Crippen LogP) is 1.61. The van der Waals surface area contributed by atoms with Crippen molar-refractivity contribution in [2.45, 2.75) is 25.9 Å². The first kappa shape index (κ1) is 15.8. The fraction of sp³-hybridized carbons (Fsp3) is 0.312. The second-order valence-electron chi connectivity index (χ2n) is 5.09. The van der Waals surface area contributed by atoms with Gasteiger partial charge in [-0.1, -0.05) is 12.1 Å². The lowest BCUT2D eigenvalue weighted by Gasteiger charge is -2.13. The Hall–Kier alpha value is -2.63. The molecule has 1 aromatic carbocycles. The molecular weight excluding hydrogens is 282 g/mol. The molecule has 0 aliphatic carbocycles. The lowest BCUT2D eigenvalue weighted by atomic mass is 10.1. The molecule has 116 valence electrons. The summed E-state index contributed by atoms with van der Waals surface area (Å²) in [4.78, 5) is 27.4. The molecule has 0 unspecified atom stereocenters. The lowest BCUT2D eigenvalue weighted by molar-refractivity contribution is -0.141. The van der Waals surface area contributed by atoms with E-state index in [1.54, 1.807) is 25.5 Å². The third-order valence-corrected chi connectivity index (χ3v) is 3.19. The number of rotatable bonds is 6. The molecule has 0 aliphatic rings. The van der Waals surface area contributed by atoms with Gasteiger partial charge in [-0.2, -0.15) is 0 Å². The van der Waals surface area contributed by atoms with Gasteiger partial charge in [-0.15, -0.1) is 0 Å². The third-order valence-electron chi connectivity index (χ3n) is 3.19. The van der Waals surface area contributed by atoms with Crippen molar-refractivity contribution in [3.05, 3.63) is 54.1 Å². The largest absolute Gasteiger partial charge is 0.469 e. The van der Waals surface area contributed by atoms with Gasteiger partial charge in [-0.05, 0) is 24.6 Å². The molecule has 6 heteroatoms. The van der Waals surface area contributed by atoms with Crippen molar-refractivity contribution in [3.63, 3.8) is 0 Å². The van der Waals surface area contributed by atoms with Gasteiger partial charge in [0, 0.05) is 30.5 Å². The van der Waals surface area contributed by atoms with E-state index in [4.69, 9.17) is 0 Å². The summed E-state index contributed by atoms with van der Waals surface area (Å²) < 4.78 is 6.51. The minimum atomic E-state index is -0.346. The number of benzene rings is 1. The fourth-order valence-electron chi connectivity index (χ4n) is 2.09. The number of hydrogen-bond donors (Lipinski definition) is 1. The minimum Gasteiger partial charge on any atom is -0.469 e. The van der Waals surface area contributed by atoms with E-state index in [1.165, 1.54) is 7.11 Å². The van der Waals surface area contributed by atoms with E-state index < -0.39 is 0 Å². The Bertz CT molecular complexity index is 638. The molecule has 1 aromatic heterocycles. The van der Waals surface area contributed by atoms with Gasteiger partial charge in [0.2, 0.25) is 0 Å². The molecule has 0 saturated heterocycles. The molecule has 2 rings (SSSR count). The molecule has 0 spiro atoms. The first-order chi connectivity index (χ1) is 10.6. The summed E-state index contributed by atoms with van der Waals surface area (Å²) in [5, 5.41) is 2.79. The molecule has 0 bridgehead atoms. The molecule has 0 radical (unpaired) electrons. The number of methoxy groups -OCH3 is 1. The Labute approximate surface area is 129 Å². The SMILES string of the molecule is COC(=O)C[C@H](C)NC(=O)c1cccc(Cn2ccnc2)c1. The van der Waals surface area contributed by atoms with Gasteiger partial charge in [-0.3, -0.25) is 9.59 Å². The molecule has 6 nitrogen and oxygen atoms in total. The summed E-state index contributed by atoms with van der Waals surface area (Å²) in [6.45, 7) is 2.42. The second kappa shape index (κ2) is 7.40. The van der Waals surface area contributed by atoms with Crippen molar-refractivity contribution in [3.8, 4) is 0 Å². The number of amides is 1. The monoisotopic (exact) mass is 301 g/mol. The Balaban J connectivity index is 1.99. The molecular formula is C16H19N3O3. The van der Waals surface area contributed by atoms with Crippen molar-refractivity contribution in [1.82, 2.24) is 14.9 Å². The van der Waals surface area contributed by atoms with E-state index in [2.05, 4.69) is 15.0 Å². The maximum Gasteiger partial charge on any atom is 0.307 e. The van der Waals surface area contributed by atoms with Gasteiger partial charge in [0.1, 0.15) is 0 Å². The van der Waals surface area contributed by atoms with Gasteiger partial charge in [0.05, 0.1) is 19.9 Å². The predicted molar refractivity (Wildman–Crippen MR) is 81.3 cm³/mol. The first-order valence-corrected chi connectivity index (χ1v) is 7.01. The van der Waals surface area contributed by atoms with Gasteiger partial charge < -0.3 is 14.6 Å². The lowest BCUT2D eigenvalue weighted by Crippen LogP contribution is -2.34. The van der Waals surface area contributed by atoms with E-state index in [-0.39, 0.29) is 24.3 Å². The summed E-state index contributed by atoms with van der Waals surface area (Å²) in [7, 11) is 1.33. The van der Waals surface area contributed by atoms with Crippen LogP contribution in [0.3, 0.4) is 0 Å². The van der Waals surface area contributed by atoms with Crippen LogP contribution in [0.1, 0.15) is 29.3 Å². The number of carbonyl (C=O) groups is 2. The highest BCUT2D eigenvalue weighted by atomic mass is 16.5. The van der Waals surface area contributed by atoms with E-state index in [1.807, 2.05) is 29.0 Å². The molecule has 1 N–H and O–H groups in total. The summed E-state index contributed by atoms with van der Waals surface area (Å²) in [6, 6.07) is 7.09. The fourth-order valence-corrected chi connectivity index (χ4v) is 2.09. The molecule has 22 heavy (non-hydrogen) atoms. The molecule has 0 saturated carbocycles. The maximum absolute atomic E-state index is 12.2. The number of nitrogens with one attached hydrogen (secondary N) is 1. The van der Waals surface area contributed by atoms with Crippen molar-refractivity contribution < 1.29 is 14.3 Å². The summed E-state index contributed by atoms with van der Waals surface area (Å²) in [5.74, 6) is -0.550. The van der Waals surface area contributed by atoms with Crippen LogP contribution in [-0.2, 0) is 16.1 Å². The minimum absolute atomic E-state index is 0.150. The van der Waals surface area contributed by atoms with Crippen molar-refractivity contribution in [2.24, 2.45) is 0 Å². The van der Waals surface area contributed by atoms with E-state index in [0.29, 0.717) is 12.1 Å². The summed E-state index contributed by atoms with van der Waals surface area (Å²) in [6.07, 6.45) is 5.46. The standard InChI is InChI=1S/C16H19N3O3/c1-12(8-15(20)22-2)18-16(21)14-5-3-4-13(9-14)10-19-7-6-17-11-19/h3-7,9,11-12H,8,10H2,1-2H3,(H,18,21)/t12-/m0/s1. The van der Waals surface area contributed by atoms with E-state index >= 15 is 0 Å². The van der Waals surface area contributed by atoms with Crippen LogP contribution in [0.15, 0.2) is 43.0 Å². The van der Waals surface area contributed by atoms with Gasteiger partial charge in [0.15, 0.2) is 0 Å². The number of nitrogens with zero attached hydrogens (tertiary/aromatic N) is 2. The van der Waals surface area contributed by atoms with Crippen LogP contribution in [0.2, 0.25) is 0 Å². The molecule has 0 aliphatic heterocycles. The molecule has 0 fully saturated rings. The summed E-state index contributed by atoms with van der Waals surface area (Å²) in [5.41, 5.74) is 1.57.